The molecule has 12 heavy (non-hydrogen) atoms. The van der Waals surface area contributed by atoms with Crippen molar-refractivity contribution in [3.63, 3.8) is 0 Å². The van der Waals surface area contributed by atoms with Gasteiger partial charge >= 0.3 is 0 Å². The largest absolute Gasteiger partial charge is 0.114 e. The molecule has 0 saturated heterocycles. The highest BCUT2D eigenvalue weighted by molar-refractivity contribution is 6.38. The van der Waals surface area contributed by atoms with Crippen LogP contribution in [-0.4, -0.2) is 7.28 Å². The summed E-state index contributed by atoms with van der Waals surface area (Å²) in [7, 11) is 2.37. The first-order chi connectivity index (χ1) is 5.58. The van der Waals surface area contributed by atoms with Crippen molar-refractivity contribution in [3.8, 4) is 0 Å². The van der Waals surface area contributed by atoms with Gasteiger partial charge in [-0.1, -0.05) is 65.5 Å². The van der Waals surface area contributed by atoms with E-state index < -0.39 is 0 Å². The van der Waals surface area contributed by atoms with E-state index in [1.165, 1.54) is 25.7 Å². The number of rotatable bonds is 6. The summed E-state index contributed by atoms with van der Waals surface area (Å²) in [6, 6.07) is 0. The fourth-order valence-corrected chi connectivity index (χ4v) is 1.31. The van der Waals surface area contributed by atoms with E-state index in [0.717, 1.165) is 5.92 Å². The van der Waals surface area contributed by atoms with Crippen molar-refractivity contribution >= 4 is 7.28 Å². The molecule has 2 unspecified atom stereocenters. The molecule has 0 aliphatic heterocycles. The molecule has 0 N–H and O–H groups in total. The van der Waals surface area contributed by atoms with Crippen LogP contribution in [0, 0.1) is 5.92 Å². The second-order valence-electron chi connectivity index (χ2n) is 4.35. The third-order valence-corrected chi connectivity index (χ3v) is 3.41. The van der Waals surface area contributed by atoms with Crippen molar-refractivity contribution in [3.05, 3.63) is 0 Å². The lowest BCUT2D eigenvalue weighted by atomic mass is 9.51. The molecule has 71 valence electrons. The molecule has 0 aromatic heterocycles. The van der Waals surface area contributed by atoms with Crippen LogP contribution < -0.4 is 0 Å². The Balaban J connectivity index is 3.72. The minimum absolute atomic E-state index is 0.490. The van der Waals surface area contributed by atoms with Crippen LogP contribution in [0.15, 0.2) is 0 Å². The molecule has 1 radical (unpaired) electrons. The van der Waals surface area contributed by atoms with E-state index in [0.29, 0.717) is 5.31 Å². The third-order valence-electron chi connectivity index (χ3n) is 3.41. The molecular weight excluding hydrogens is 143 g/mol. The highest BCUT2D eigenvalue weighted by Gasteiger charge is 2.20. The SMILES string of the molecule is C[B]C(C)(CC)CCC(C)CC. The normalized spacial score (nSPS) is 18.4. The molecule has 1 heteroatoms. The van der Waals surface area contributed by atoms with E-state index in [-0.39, 0.29) is 0 Å². The van der Waals surface area contributed by atoms with Gasteiger partial charge in [0.1, 0.15) is 7.28 Å². The van der Waals surface area contributed by atoms with E-state index in [1.807, 2.05) is 0 Å². The summed E-state index contributed by atoms with van der Waals surface area (Å²) >= 11 is 0. The van der Waals surface area contributed by atoms with Gasteiger partial charge in [0, 0.05) is 0 Å². The Morgan fingerprint density at radius 3 is 2.25 bits per heavy atom. The standard InChI is InChI=1S/C11H24B/c1-6-10(3)8-9-11(4,7-2)12-5/h10H,6-9H2,1-5H3. The molecule has 0 heterocycles. The second-order valence-corrected chi connectivity index (χ2v) is 4.35. The zero-order chi connectivity index (χ0) is 9.61. The molecule has 0 bridgehead atoms. The Labute approximate surface area is 79.4 Å². The Morgan fingerprint density at radius 2 is 1.92 bits per heavy atom. The van der Waals surface area contributed by atoms with E-state index in [9.17, 15) is 0 Å². The van der Waals surface area contributed by atoms with Gasteiger partial charge < -0.3 is 0 Å². The van der Waals surface area contributed by atoms with Crippen LogP contribution >= 0.6 is 0 Å². The topological polar surface area (TPSA) is 0 Å². The van der Waals surface area contributed by atoms with Gasteiger partial charge in [0.05, 0.1) is 0 Å². The maximum absolute atomic E-state index is 2.37. The summed E-state index contributed by atoms with van der Waals surface area (Å²) in [5, 5.41) is 0.490. The third kappa shape index (κ3) is 4.18. The minimum Gasteiger partial charge on any atom is -0.0914 e. The first-order valence-corrected chi connectivity index (χ1v) is 5.38. The van der Waals surface area contributed by atoms with Crippen LogP contribution in [0.1, 0.15) is 53.4 Å². The van der Waals surface area contributed by atoms with Gasteiger partial charge in [0.25, 0.3) is 0 Å². The fraction of sp³-hybridized carbons (Fsp3) is 1.00. The predicted octanol–water partition coefficient (Wildman–Crippen LogP) is 4.15. The Bertz CT molecular complexity index is 106. The van der Waals surface area contributed by atoms with Crippen molar-refractivity contribution in [2.24, 2.45) is 5.92 Å². The lowest BCUT2D eigenvalue weighted by Crippen LogP contribution is -2.14. The Morgan fingerprint density at radius 1 is 1.33 bits per heavy atom. The van der Waals surface area contributed by atoms with Crippen molar-refractivity contribution < 1.29 is 0 Å². The van der Waals surface area contributed by atoms with Crippen molar-refractivity contribution in [2.45, 2.75) is 65.5 Å². The Kier molecular flexibility index (Phi) is 5.70. The van der Waals surface area contributed by atoms with E-state index in [2.05, 4.69) is 41.8 Å². The van der Waals surface area contributed by atoms with Gasteiger partial charge in [0.2, 0.25) is 0 Å². The average molecular weight is 167 g/mol. The quantitative estimate of drug-likeness (QED) is 0.521. The molecule has 0 aliphatic carbocycles. The lowest BCUT2D eigenvalue weighted by Gasteiger charge is -2.27. The van der Waals surface area contributed by atoms with E-state index in [1.54, 1.807) is 0 Å². The van der Waals surface area contributed by atoms with Crippen LogP contribution in [0.2, 0.25) is 12.1 Å². The summed E-state index contributed by atoms with van der Waals surface area (Å²) in [5.41, 5.74) is 0. The zero-order valence-electron chi connectivity index (χ0n) is 9.48. The first-order valence-electron chi connectivity index (χ1n) is 5.38. The van der Waals surface area contributed by atoms with E-state index >= 15 is 0 Å². The van der Waals surface area contributed by atoms with Crippen LogP contribution in [0.5, 0.6) is 0 Å². The second kappa shape index (κ2) is 5.67. The molecule has 0 saturated carbocycles. The Hall–Kier alpha value is 0.0649. The summed E-state index contributed by atoms with van der Waals surface area (Å²) in [4.78, 5) is 0. The number of hydrogen-bond acceptors (Lipinski definition) is 0. The van der Waals surface area contributed by atoms with Crippen LogP contribution in [0.3, 0.4) is 0 Å². The molecular formula is C11H24B. The van der Waals surface area contributed by atoms with Crippen molar-refractivity contribution in [2.75, 3.05) is 0 Å². The summed E-state index contributed by atoms with van der Waals surface area (Å²) in [5.74, 6) is 0.899. The monoisotopic (exact) mass is 167 g/mol. The van der Waals surface area contributed by atoms with Gasteiger partial charge in [-0.3, -0.25) is 0 Å². The van der Waals surface area contributed by atoms with Crippen LogP contribution in [0.4, 0.5) is 0 Å². The van der Waals surface area contributed by atoms with Crippen LogP contribution in [-0.2, 0) is 0 Å². The summed E-state index contributed by atoms with van der Waals surface area (Å²) < 4.78 is 0. The maximum Gasteiger partial charge on any atom is 0.114 e. The maximum atomic E-state index is 2.37. The van der Waals surface area contributed by atoms with Crippen molar-refractivity contribution in [1.82, 2.24) is 0 Å². The van der Waals surface area contributed by atoms with E-state index in [4.69, 9.17) is 0 Å². The molecule has 0 nitrogen and oxygen atoms in total. The minimum atomic E-state index is 0.490. The van der Waals surface area contributed by atoms with Gasteiger partial charge in [-0.25, -0.2) is 0 Å². The molecule has 0 aromatic rings. The predicted molar refractivity (Wildman–Crippen MR) is 59.0 cm³/mol. The highest BCUT2D eigenvalue weighted by Crippen LogP contribution is 2.35. The molecule has 0 fully saturated rings. The molecule has 0 aromatic carbocycles. The zero-order valence-corrected chi connectivity index (χ0v) is 9.48. The molecule has 0 aliphatic rings. The number of hydrogen-bond donors (Lipinski definition) is 0. The van der Waals surface area contributed by atoms with Gasteiger partial charge in [-0.05, 0) is 5.92 Å². The van der Waals surface area contributed by atoms with Gasteiger partial charge in [-0.15, -0.1) is 0 Å². The summed E-state index contributed by atoms with van der Waals surface area (Å²) in [6.45, 7) is 11.5. The average Bonchev–Trinajstić information content (AvgIpc) is 2.13. The van der Waals surface area contributed by atoms with Crippen LogP contribution in [0.25, 0.3) is 0 Å². The lowest BCUT2D eigenvalue weighted by molar-refractivity contribution is 0.426. The van der Waals surface area contributed by atoms with Crippen molar-refractivity contribution in [1.29, 1.82) is 0 Å². The molecule has 0 rings (SSSR count). The first kappa shape index (κ1) is 12.1. The van der Waals surface area contributed by atoms with Gasteiger partial charge in [0.15, 0.2) is 0 Å². The fourth-order valence-electron chi connectivity index (χ4n) is 1.31. The smallest absolute Gasteiger partial charge is 0.0914 e. The summed E-state index contributed by atoms with van der Waals surface area (Å²) in [6.07, 6.45) is 5.34. The van der Waals surface area contributed by atoms with Gasteiger partial charge in [-0.2, -0.15) is 0 Å². The molecule has 0 amide bonds. The molecule has 2 atom stereocenters. The highest BCUT2D eigenvalue weighted by atomic mass is 14.2. The molecule has 0 spiro atoms.